The quantitative estimate of drug-likeness (QED) is 0.397. The largest absolute Gasteiger partial charge is 0.465 e. The van der Waals surface area contributed by atoms with Crippen molar-refractivity contribution in [3.05, 3.63) is 0 Å². The van der Waals surface area contributed by atoms with Crippen LogP contribution in [0.1, 0.15) is 19.8 Å². The summed E-state index contributed by atoms with van der Waals surface area (Å²) >= 11 is 0. The Morgan fingerprint density at radius 1 is 1.73 bits per heavy atom. The number of aliphatic hydroxyl groups is 1. The molecule has 0 aromatic heterocycles. The maximum absolute atomic E-state index is 10.7. The van der Waals surface area contributed by atoms with Crippen LogP contribution in [0, 0.1) is 11.8 Å². The molecular formula is C8H10O3. The van der Waals surface area contributed by atoms with Crippen molar-refractivity contribution in [1.82, 2.24) is 0 Å². The van der Waals surface area contributed by atoms with E-state index >= 15 is 0 Å². The van der Waals surface area contributed by atoms with Crippen molar-refractivity contribution in [1.29, 1.82) is 0 Å². The lowest BCUT2D eigenvalue weighted by molar-refractivity contribution is -0.155. The second kappa shape index (κ2) is 2.93. The van der Waals surface area contributed by atoms with Crippen molar-refractivity contribution in [2.75, 3.05) is 6.61 Å². The van der Waals surface area contributed by atoms with Gasteiger partial charge in [-0.15, -0.1) is 5.92 Å². The molecule has 60 valence electrons. The molecular weight excluding hydrogens is 144 g/mol. The number of esters is 1. The van der Waals surface area contributed by atoms with Crippen LogP contribution in [-0.4, -0.2) is 23.3 Å². The molecule has 0 aromatic rings. The molecule has 0 amide bonds. The Labute approximate surface area is 65.4 Å². The van der Waals surface area contributed by atoms with Gasteiger partial charge >= 0.3 is 5.97 Å². The van der Waals surface area contributed by atoms with Crippen LogP contribution in [-0.2, 0) is 9.53 Å². The molecule has 0 bridgehead atoms. The van der Waals surface area contributed by atoms with Crippen LogP contribution in [0.15, 0.2) is 0 Å². The van der Waals surface area contributed by atoms with Crippen molar-refractivity contribution in [2.45, 2.75) is 25.4 Å². The maximum atomic E-state index is 10.7. The highest BCUT2D eigenvalue weighted by Gasteiger charge is 2.32. The first-order valence-electron chi connectivity index (χ1n) is 3.48. The predicted molar refractivity (Wildman–Crippen MR) is 38.6 cm³/mol. The summed E-state index contributed by atoms with van der Waals surface area (Å²) in [6.45, 7) is 1.90. The van der Waals surface area contributed by atoms with Gasteiger partial charge < -0.3 is 9.84 Å². The van der Waals surface area contributed by atoms with Crippen LogP contribution >= 0.6 is 0 Å². The molecule has 1 N–H and O–H groups in total. The highest BCUT2D eigenvalue weighted by atomic mass is 16.5. The van der Waals surface area contributed by atoms with Gasteiger partial charge in [0.1, 0.15) is 5.60 Å². The van der Waals surface area contributed by atoms with Crippen LogP contribution in [0.2, 0.25) is 0 Å². The standard InChI is InChI=1S/C8H10O3/c1-2-3-8(10)4-5-11-7(9)6-8/h10H,4-6H2,1H3. The minimum atomic E-state index is -1.13. The van der Waals surface area contributed by atoms with E-state index in [1.807, 2.05) is 0 Å². The van der Waals surface area contributed by atoms with E-state index in [2.05, 4.69) is 16.6 Å². The molecule has 1 fully saturated rings. The van der Waals surface area contributed by atoms with Crippen LogP contribution in [0.4, 0.5) is 0 Å². The van der Waals surface area contributed by atoms with Gasteiger partial charge in [-0.05, 0) is 6.92 Å². The van der Waals surface area contributed by atoms with E-state index in [0.717, 1.165) is 0 Å². The SMILES string of the molecule is CC#CC1(O)CCOC(=O)C1. The summed E-state index contributed by atoms with van der Waals surface area (Å²) in [5, 5.41) is 9.57. The van der Waals surface area contributed by atoms with Crippen molar-refractivity contribution in [2.24, 2.45) is 0 Å². The Kier molecular flexibility index (Phi) is 2.16. The number of hydrogen-bond acceptors (Lipinski definition) is 3. The summed E-state index contributed by atoms with van der Waals surface area (Å²) in [4.78, 5) is 10.7. The molecule has 0 spiro atoms. The molecule has 1 aliphatic heterocycles. The highest BCUT2D eigenvalue weighted by molar-refractivity contribution is 5.72. The molecule has 3 heteroatoms. The van der Waals surface area contributed by atoms with Crippen molar-refractivity contribution in [3.63, 3.8) is 0 Å². The lowest BCUT2D eigenvalue weighted by Crippen LogP contribution is -2.37. The zero-order chi connectivity index (χ0) is 8.32. The fourth-order valence-corrected chi connectivity index (χ4v) is 1.05. The fourth-order valence-electron chi connectivity index (χ4n) is 1.05. The zero-order valence-corrected chi connectivity index (χ0v) is 6.39. The van der Waals surface area contributed by atoms with Gasteiger partial charge in [-0.1, -0.05) is 5.92 Å². The average molecular weight is 154 g/mol. The summed E-state index contributed by atoms with van der Waals surface area (Å²) < 4.78 is 4.65. The zero-order valence-electron chi connectivity index (χ0n) is 6.39. The lowest BCUT2D eigenvalue weighted by atomic mass is 9.95. The molecule has 0 aromatic carbocycles. The Bertz CT molecular complexity index is 223. The lowest BCUT2D eigenvalue weighted by Gasteiger charge is -2.25. The topological polar surface area (TPSA) is 46.5 Å². The Morgan fingerprint density at radius 3 is 3.00 bits per heavy atom. The number of rotatable bonds is 0. The van der Waals surface area contributed by atoms with E-state index in [0.29, 0.717) is 6.42 Å². The van der Waals surface area contributed by atoms with Gasteiger partial charge in [-0.25, -0.2) is 0 Å². The van der Waals surface area contributed by atoms with Gasteiger partial charge in [0.2, 0.25) is 0 Å². The van der Waals surface area contributed by atoms with E-state index in [-0.39, 0.29) is 19.0 Å². The second-order valence-corrected chi connectivity index (χ2v) is 2.55. The molecule has 0 aliphatic carbocycles. The van der Waals surface area contributed by atoms with Gasteiger partial charge in [0.15, 0.2) is 0 Å². The summed E-state index contributed by atoms with van der Waals surface area (Å²) in [6.07, 6.45) is 0.410. The van der Waals surface area contributed by atoms with Crippen LogP contribution in [0.5, 0.6) is 0 Å². The fraction of sp³-hybridized carbons (Fsp3) is 0.625. The Hall–Kier alpha value is -1.01. The van der Waals surface area contributed by atoms with Gasteiger partial charge in [-0.3, -0.25) is 4.79 Å². The Balaban J connectivity index is 2.67. The first-order chi connectivity index (χ1) is 5.16. The first kappa shape index (κ1) is 8.09. The van der Waals surface area contributed by atoms with Crippen LogP contribution in [0.3, 0.4) is 0 Å². The normalized spacial score (nSPS) is 30.2. The monoisotopic (exact) mass is 154 g/mol. The first-order valence-corrected chi connectivity index (χ1v) is 3.48. The molecule has 3 nitrogen and oxygen atoms in total. The summed E-state index contributed by atoms with van der Waals surface area (Å²) in [5.74, 6) is 4.81. The van der Waals surface area contributed by atoms with E-state index in [1.54, 1.807) is 6.92 Å². The molecule has 0 radical (unpaired) electrons. The second-order valence-electron chi connectivity index (χ2n) is 2.55. The van der Waals surface area contributed by atoms with E-state index in [1.165, 1.54) is 0 Å². The third-order valence-corrected chi connectivity index (χ3v) is 1.57. The highest BCUT2D eigenvalue weighted by Crippen LogP contribution is 2.19. The van der Waals surface area contributed by atoms with Crippen molar-refractivity contribution >= 4 is 5.97 Å². The molecule has 0 saturated carbocycles. The number of carbonyl (C=O) groups is 1. The molecule has 1 saturated heterocycles. The summed E-state index contributed by atoms with van der Waals surface area (Å²) in [5.41, 5.74) is -1.13. The maximum Gasteiger partial charge on any atom is 0.309 e. The van der Waals surface area contributed by atoms with Crippen molar-refractivity contribution < 1.29 is 14.6 Å². The van der Waals surface area contributed by atoms with E-state index in [4.69, 9.17) is 0 Å². The number of carbonyl (C=O) groups excluding carboxylic acids is 1. The predicted octanol–water partition coefficient (Wildman–Crippen LogP) is 0.0778. The van der Waals surface area contributed by atoms with E-state index in [9.17, 15) is 9.90 Å². The summed E-state index contributed by atoms with van der Waals surface area (Å²) in [7, 11) is 0. The molecule has 11 heavy (non-hydrogen) atoms. The van der Waals surface area contributed by atoms with Gasteiger partial charge in [0, 0.05) is 6.42 Å². The smallest absolute Gasteiger partial charge is 0.309 e. The summed E-state index contributed by atoms with van der Waals surface area (Å²) in [6, 6.07) is 0. The van der Waals surface area contributed by atoms with Gasteiger partial charge in [-0.2, -0.15) is 0 Å². The van der Waals surface area contributed by atoms with Gasteiger partial charge in [0.05, 0.1) is 13.0 Å². The molecule has 1 atom stereocenters. The molecule has 1 heterocycles. The average Bonchev–Trinajstić information content (AvgIpc) is 1.86. The van der Waals surface area contributed by atoms with Crippen LogP contribution in [0.25, 0.3) is 0 Å². The number of ether oxygens (including phenoxy) is 1. The third-order valence-electron chi connectivity index (χ3n) is 1.57. The van der Waals surface area contributed by atoms with Crippen molar-refractivity contribution in [3.8, 4) is 11.8 Å². The number of cyclic esters (lactones) is 1. The minimum Gasteiger partial charge on any atom is -0.465 e. The van der Waals surface area contributed by atoms with Gasteiger partial charge in [0.25, 0.3) is 0 Å². The molecule has 1 aliphatic rings. The van der Waals surface area contributed by atoms with Crippen LogP contribution < -0.4 is 0 Å². The molecule has 1 rings (SSSR count). The third kappa shape index (κ3) is 1.95. The molecule has 1 unspecified atom stereocenters. The number of hydrogen-bond donors (Lipinski definition) is 1. The van der Waals surface area contributed by atoms with E-state index < -0.39 is 5.60 Å². The Morgan fingerprint density at radius 2 is 2.45 bits per heavy atom. The minimum absolute atomic E-state index is 0.00611.